The van der Waals surface area contributed by atoms with Crippen LogP contribution in [0, 0.1) is 17.8 Å². The lowest BCUT2D eigenvalue weighted by Crippen LogP contribution is -2.40. The molecule has 0 aromatic heterocycles. The number of likely N-dealkylation sites (N-methyl/N-ethyl adjacent to an activating group) is 1. The second-order valence-corrected chi connectivity index (χ2v) is 7.25. The molecule has 0 N–H and O–H groups in total. The van der Waals surface area contributed by atoms with E-state index in [1.165, 1.54) is 19.3 Å². The van der Waals surface area contributed by atoms with Gasteiger partial charge in [-0.05, 0) is 30.6 Å². The Labute approximate surface area is 108 Å². The van der Waals surface area contributed by atoms with E-state index in [0.717, 1.165) is 35.4 Å². The Morgan fingerprint density at radius 2 is 1.82 bits per heavy atom. The highest BCUT2D eigenvalue weighted by molar-refractivity contribution is 4.81. The molecule has 0 bridgehead atoms. The van der Waals surface area contributed by atoms with E-state index in [2.05, 4.69) is 41.9 Å². The van der Waals surface area contributed by atoms with E-state index in [1.807, 2.05) is 0 Å². The maximum absolute atomic E-state index is 6.19. The van der Waals surface area contributed by atoms with E-state index in [0.29, 0.717) is 6.10 Å². The summed E-state index contributed by atoms with van der Waals surface area (Å²) in [5.74, 6) is 2.38. The second kappa shape index (κ2) is 6.19. The van der Waals surface area contributed by atoms with Crippen LogP contribution in [0.5, 0.6) is 0 Å². The molecule has 1 aliphatic rings. The van der Waals surface area contributed by atoms with Gasteiger partial charge in [0.2, 0.25) is 0 Å². The minimum atomic E-state index is 0.505. The standard InChI is InChI=1S/C15H32NO/c1-12(2)14-8-7-13(3)11-15(14)17-10-9-16(4,5)6/h12-15H,7-11H2,1-6H3/q+1. The van der Waals surface area contributed by atoms with E-state index >= 15 is 0 Å². The van der Waals surface area contributed by atoms with Crippen LogP contribution in [0.4, 0.5) is 0 Å². The van der Waals surface area contributed by atoms with Crippen molar-refractivity contribution < 1.29 is 9.22 Å². The molecule has 1 aliphatic carbocycles. The largest absolute Gasteiger partial charge is 0.372 e. The maximum atomic E-state index is 6.19. The van der Waals surface area contributed by atoms with Gasteiger partial charge >= 0.3 is 0 Å². The van der Waals surface area contributed by atoms with Crippen LogP contribution in [-0.4, -0.2) is 44.9 Å². The number of nitrogens with zero attached hydrogens (tertiary/aromatic N) is 1. The summed E-state index contributed by atoms with van der Waals surface area (Å²) in [6.07, 6.45) is 4.51. The third-order valence-corrected chi connectivity index (χ3v) is 4.06. The SMILES string of the molecule is CC1CCC(C(C)C)C(OCC[N+](C)(C)C)C1. The van der Waals surface area contributed by atoms with E-state index in [-0.39, 0.29) is 0 Å². The Balaban J connectivity index is 2.41. The van der Waals surface area contributed by atoms with Crippen LogP contribution >= 0.6 is 0 Å². The molecule has 1 saturated carbocycles. The smallest absolute Gasteiger partial charge is 0.102 e. The van der Waals surface area contributed by atoms with Crippen molar-refractivity contribution in [2.45, 2.75) is 46.1 Å². The third-order valence-electron chi connectivity index (χ3n) is 4.06. The van der Waals surface area contributed by atoms with Crippen molar-refractivity contribution in [2.75, 3.05) is 34.3 Å². The topological polar surface area (TPSA) is 9.23 Å². The molecule has 3 atom stereocenters. The van der Waals surface area contributed by atoms with Crippen LogP contribution in [0.15, 0.2) is 0 Å². The molecule has 2 nitrogen and oxygen atoms in total. The molecule has 102 valence electrons. The van der Waals surface area contributed by atoms with Gasteiger partial charge in [0, 0.05) is 0 Å². The average molecular weight is 242 g/mol. The molecule has 1 rings (SSSR count). The second-order valence-electron chi connectivity index (χ2n) is 7.25. The first-order chi connectivity index (χ1) is 7.79. The highest BCUT2D eigenvalue weighted by Gasteiger charge is 2.31. The normalized spacial score (nSPS) is 30.9. The van der Waals surface area contributed by atoms with Crippen LogP contribution in [0.1, 0.15) is 40.0 Å². The fourth-order valence-electron chi connectivity index (χ4n) is 2.78. The molecule has 0 radical (unpaired) electrons. The molecule has 0 aliphatic heterocycles. The first kappa shape index (κ1) is 15.0. The fraction of sp³-hybridized carbons (Fsp3) is 1.00. The van der Waals surface area contributed by atoms with Crippen molar-refractivity contribution in [2.24, 2.45) is 17.8 Å². The molecule has 2 heteroatoms. The number of hydrogen-bond acceptors (Lipinski definition) is 1. The van der Waals surface area contributed by atoms with Crippen LogP contribution in [0.25, 0.3) is 0 Å². The number of quaternary nitrogens is 1. The summed E-state index contributed by atoms with van der Waals surface area (Å²) in [6.45, 7) is 9.07. The molecule has 0 aromatic rings. The third kappa shape index (κ3) is 5.39. The van der Waals surface area contributed by atoms with Crippen molar-refractivity contribution in [3.63, 3.8) is 0 Å². The van der Waals surface area contributed by atoms with Gasteiger partial charge in [-0.1, -0.05) is 27.2 Å². The van der Waals surface area contributed by atoms with Crippen molar-refractivity contribution in [3.8, 4) is 0 Å². The van der Waals surface area contributed by atoms with Crippen LogP contribution < -0.4 is 0 Å². The predicted octanol–water partition coefficient (Wildman–Crippen LogP) is 3.17. The van der Waals surface area contributed by atoms with Crippen molar-refractivity contribution in [1.82, 2.24) is 0 Å². The van der Waals surface area contributed by atoms with Gasteiger partial charge in [0.15, 0.2) is 0 Å². The molecule has 0 heterocycles. The summed E-state index contributed by atoms with van der Waals surface area (Å²) in [7, 11) is 6.69. The Hall–Kier alpha value is -0.0800. The van der Waals surface area contributed by atoms with Crippen molar-refractivity contribution in [1.29, 1.82) is 0 Å². The molecule has 0 amide bonds. The first-order valence-electron chi connectivity index (χ1n) is 7.21. The number of hydrogen-bond donors (Lipinski definition) is 0. The molecule has 0 saturated heterocycles. The Kier molecular flexibility index (Phi) is 5.46. The summed E-state index contributed by atoms with van der Waals surface area (Å²) in [5, 5.41) is 0. The number of ether oxygens (including phenoxy) is 1. The molecular formula is C15H32NO+. The lowest BCUT2D eigenvalue weighted by atomic mass is 9.75. The van der Waals surface area contributed by atoms with Gasteiger partial charge in [0.25, 0.3) is 0 Å². The number of rotatable bonds is 5. The van der Waals surface area contributed by atoms with Gasteiger partial charge in [-0.15, -0.1) is 0 Å². The van der Waals surface area contributed by atoms with E-state index in [4.69, 9.17) is 4.74 Å². The first-order valence-corrected chi connectivity index (χ1v) is 7.21. The molecule has 3 unspecified atom stereocenters. The monoisotopic (exact) mass is 242 g/mol. The van der Waals surface area contributed by atoms with Crippen molar-refractivity contribution in [3.05, 3.63) is 0 Å². The predicted molar refractivity (Wildman–Crippen MR) is 74.0 cm³/mol. The lowest BCUT2D eigenvalue weighted by molar-refractivity contribution is -0.870. The van der Waals surface area contributed by atoms with E-state index < -0.39 is 0 Å². The molecule has 17 heavy (non-hydrogen) atoms. The van der Waals surface area contributed by atoms with Gasteiger partial charge in [0.05, 0.1) is 33.9 Å². The van der Waals surface area contributed by atoms with Gasteiger partial charge in [0.1, 0.15) is 6.54 Å². The lowest BCUT2D eigenvalue weighted by Gasteiger charge is -2.37. The maximum Gasteiger partial charge on any atom is 0.102 e. The summed E-state index contributed by atoms with van der Waals surface area (Å²) in [6, 6.07) is 0. The van der Waals surface area contributed by atoms with Crippen LogP contribution in [0.2, 0.25) is 0 Å². The zero-order valence-corrected chi connectivity index (χ0v) is 12.7. The molecule has 0 aromatic carbocycles. The van der Waals surface area contributed by atoms with E-state index in [1.54, 1.807) is 0 Å². The summed E-state index contributed by atoms with van der Waals surface area (Å²) in [5.41, 5.74) is 0. The van der Waals surface area contributed by atoms with Crippen LogP contribution in [-0.2, 0) is 4.74 Å². The molecular weight excluding hydrogens is 210 g/mol. The summed E-state index contributed by atoms with van der Waals surface area (Å²) < 4.78 is 7.18. The van der Waals surface area contributed by atoms with E-state index in [9.17, 15) is 0 Å². The van der Waals surface area contributed by atoms with Gasteiger partial charge < -0.3 is 9.22 Å². The average Bonchev–Trinajstić information content (AvgIpc) is 2.15. The zero-order chi connectivity index (χ0) is 13.1. The summed E-state index contributed by atoms with van der Waals surface area (Å²) >= 11 is 0. The Bertz CT molecular complexity index is 219. The Morgan fingerprint density at radius 1 is 1.18 bits per heavy atom. The minimum Gasteiger partial charge on any atom is -0.372 e. The summed E-state index contributed by atoms with van der Waals surface area (Å²) in [4.78, 5) is 0. The fourth-order valence-corrected chi connectivity index (χ4v) is 2.78. The quantitative estimate of drug-likeness (QED) is 0.673. The highest BCUT2D eigenvalue weighted by Crippen LogP contribution is 2.35. The molecule has 1 fully saturated rings. The van der Waals surface area contributed by atoms with Gasteiger partial charge in [-0.25, -0.2) is 0 Å². The Morgan fingerprint density at radius 3 is 2.35 bits per heavy atom. The minimum absolute atomic E-state index is 0.505. The van der Waals surface area contributed by atoms with Crippen LogP contribution in [0.3, 0.4) is 0 Å². The van der Waals surface area contributed by atoms with Gasteiger partial charge in [-0.2, -0.15) is 0 Å². The van der Waals surface area contributed by atoms with Gasteiger partial charge in [-0.3, -0.25) is 0 Å². The van der Waals surface area contributed by atoms with Crippen molar-refractivity contribution >= 4 is 0 Å². The highest BCUT2D eigenvalue weighted by atomic mass is 16.5. The molecule has 0 spiro atoms. The zero-order valence-electron chi connectivity index (χ0n) is 12.7.